The zero-order valence-electron chi connectivity index (χ0n) is 15.5. The second kappa shape index (κ2) is 7.59. The van der Waals surface area contributed by atoms with E-state index in [0.717, 1.165) is 23.4 Å². The lowest BCUT2D eigenvalue weighted by molar-refractivity contribution is -0.144. The zero-order chi connectivity index (χ0) is 18.7. The fourth-order valence-electron chi connectivity index (χ4n) is 2.78. The highest BCUT2D eigenvalue weighted by Crippen LogP contribution is 2.27. The van der Waals surface area contributed by atoms with Gasteiger partial charge < -0.3 is 4.74 Å². The van der Waals surface area contributed by atoms with Crippen molar-refractivity contribution >= 4 is 11.6 Å². The van der Waals surface area contributed by atoms with Gasteiger partial charge in [-0.3, -0.25) is 14.2 Å². The number of esters is 1. The number of rotatable bonds is 6. The van der Waals surface area contributed by atoms with E-state index in [0.29, 0.717) is 18.1 Å². The Morgan fingerprint density at radius 1 is 1.27 bits per heavy atom. The number of carbonyl (C=O) groups is 1. The number of aromatic nitrogens is 5. The van der Waals surface area contributed by atoms with Gasteiger partial charge >= 0.3 is 5.97 Å². The van der Waals surface area contributed by atoms with Crippen LogP contribution in [0.15, 0.2) is 30.7 Å². The largest absolute Gasteiger partial charge is 0.465 e. The van der Waals surface area contributed by atoms with Gasteiger partial charge in [0, 0.05) is 30.1 Å². The van der Waals surface area contributed by atoms with Gasteiger partial charge in [-0.15, -0.1) is 10.2 Å². The Kier molecular flexibility index (Phi) is 5.25. The molecular weight excluding hydrogens is 330 g/mol. The molecule has 0 bridgehead atoms. The van der Waals surface area contributed by atoms with Crippen LogP contribution in [-0.2, 0) is 9.53 Å². The van der Waals surface area contributed by atoms with E-state index in [-0.39, 0.29) is 11.9 Å². The van der Waals surface area contributed by atoms with Crippen LogP contribution in [0.25, 0.3) is 16.9 Å². The summed E-state index contributed by atoms with van der Waals surface area (Å²) >= 11 is 0. The van der Waals surface area contributed by atoms with E-state index < -0.39 is 5.92 Å². The van der Waals surface area contributed by atoms with Gasteiger partial charge in [0.2, 0.25) is 0 Å². The molecule has 3 aromatic heterocycles. The van der Waals surface area contributed by atoms with Crippen molar-refractivity contribution in [2.75, 3.05) is 6.61 Å². The molecule has 2 atom stereocenters. The van der Waals surface area contributed by atoms with Gasteiger partial charge in [-0.05, 0) is 32.4 Å². The summed E-state index contributed by atoms with van der Waals surface area (Å²) in [4.78, 5) is 21.2. The molecular formula is C19H23N5O2. The Morgan fingerprint density at radius 2 is 2.08 bits per heavy atom. The van der Waals surface area contributed by atoms with Crippen molar-refractivity contribution in [3.05, 3.63) is 42.2 Å². The minimum absolute atomic E-state index is 0.212. The fourth-order valence-corrected chi connectivity index (χ4v) is 2.78. The molecule has 3 rings (SSSR count). The number of carbonyl (C=O) groups excluding carboxylic acids is 1. The summed E-state index contributed by atoms with van der Waals surface area (Å²) in [6.07, 6.45) is 6.29. The minimum Gasteiger partial charge on any atom is -0.465 e. The van der Waals surface area contributed by atoms with Crippen molar-refractivity contribution in [3.63, 3.8) is 0 Å². The summed E-state index contributed by atoms with van der Waals surface area (Å²) in [5.74, 6) is -0.0647. The summed E-state index contributed by atoms with van der Waals surface area (Å²) in [5, 5.41) is 8.58. The highest BCUT2D eigenvalue weighted by atomic mass is 16.5. The minimum atomic E-state index is -0.515. The second-order valence-corrected chi connectivity index (χ2v) is 6.29. The Hall–Kier alpha value is -2.83. The molecule has 3 aromatic rings. The zero-order valence-corrected chi connectivity index (χ0v) is 15.5. The third kappa shape index (κ3) is 3.29. The molecule has 7 nitrogen and oxygen atoms in total. The first-order valence-corrected chi connectivity index (χ1v) is 8.89. The standard InChI is InChI=1S/C19H23N5O2/c1-5-12(3)16-18-23-22-17(13(4)19(25)26-6-2)24(18)11-15(21-16)14-8-7-9-20-10-14/h7-13H,5-6H2,1-4H3. The van der Waals surface area contributed by atoms with E-state index in [1.54, 1.807) is 26.2 Å². The van der Waals surface area contributed by atoms with Gasteiger partial charge in [-0.2, -0.15) is 0 Å². The molecule has 0 aliphatic carbocycles. The number of fused-ring (bicyclic) bond motifs is 1. The van der Waals surface area contributed by atoms with Crippen LogP contribution in [0.3, 0.4) is 0 Å². The predicted molar refractivity (Wildman–Crippen MR) is 97.8 cm³/mol. The number of pyridine rings is 1. The molecule has 0 aliphatic heterocycles. The Balaban J connectivity index is 2.19. The first-order valence-electron chi connectivity index (χ1n) is 8.89. The lowest BCUT2D eigenvalue weighted by Gasteiger charge is -2.13. The molecule has 0 aromatic carbocycles. The number of nitrogens with zero attached hydrogens (tertiary/aromatic N) is 5. The molecule has 7 heteroatoms. The van der Waals surface area contributed by atoms with E-state index in [1.165, 1.54) is 0 Å². The molecule has 0 amide bonds. The van der Waals surface area contributed by atoms with Gasteiger partial charge in [0.15, 0.2) is 11.5 Å². The molecule has 136 valence electrons. The summed E-state index contributed by atoms with van der Waals surface area (Å²) in [6.45, 7) is 8.12. The highest BCUT2D eigenvalue weighted by molar-refractivity contribution is 5.77. The van der Waals surface area contributed by atoms with Gasteiger partial charge in [-0.1, -0.05) is 13.8 Å². The first kappa shape index (κ1) is 18.0. The smallest absolute Gasteiger partial charge is 0.316 e. The molecule has 0 saturated carbocycles. The van der Waals surface area contributed by atoms with Crippen molar-refractivity contribution in [3.8, 4) is 11.3 Å². The molecule has 2 unspecified atom stereocenters. The molecule has 26 heavy (non-hydrogen) atoms. The van der Waals surface area contributed by atoms with Crippen molar-refractivity contribution in [2.24, 2.45) is 0 Å². The van der Waals surface area contributed by atoms with Gasteiger partial charge in [0.25, 0.3) is 0 Å². The summed E-state index contributed by atoms with van der Waals surface area (Å²) < 4.78 is 7.00. The molecule has 0 saturated heterocycles. The Morgan fingerprint density at radius 3 is 2.73 bits per heavy atom. The molecule has 0 fully saturated rings. The van der Waals surface area contributed by atoms with Crippen LogP contribution in [0.1, 0.15) is 57.5 Å². The fraction of sp³-hybridized carbons (Fsp3) is 0.421. The van der Waals surface area contributed by atoms with Crippen molar-refractivity contribution < 1.29 is 9.53 Å². The molecule has 0 N–H and O–H groups in total. The number of ether oxygens (including phenoxy) is 1. The highest BCUT2D eigenvalue weighted by Gasteiger charge is 2.25. The molecule has 0 spiro atoms. The Bertz CT molecular complexity index is 907. The lowest BCUT2D eigenvalue weighted by Crippen LogP contribution is -2.16. The first-order chi connectivity index (χ1) is 12.6. The van der Waals surface area contributed by atoms with Crippen LogP contribution in [0.4, 0.5) is 0 Å². The van der Waals surface area contributed by atoms with Crippen molar-refractivity contribution in [1.82, 2.24) is 24.6 Å². The van der Waals surface area contributed by atoms with Gasteiger partial charge in [-0.25, -0.2) is 4.98 Å². The van der Waals surface area contributed by atoms with E-state index in [4.69, 9.17) is 9.72 Å². The Labute approximate surface area is 152 Å². The summed E-state index contributed by atoms with van der Waals surface area (Å²) in [6, 6.07) is 3.83. The van der Waals surface area contributed by atoms with Crippen LogP contribution in [0.2, 0.25) is 0 Å². The van der Waals surface area contributed by atoms with E-state index >= 15 is 0 Å². The summed E-state index contributed by atoms with van der Waals surface area (Å²) in [7, 11) is 0. The van der Waals surface area contributed by atoms with Crippen LogP contribution in [0, 0.1) is 0 Å². The van der Waals surface area contributed by atoms with Crippen LogP contribution >= 0.6 is 0 Å². The van der Waals surface area contributed by atoms with E-state index in [9.17, 15) is 4.79 Å². The van der Waals surface area contributed by atoms with Crippen molar-refractivity contribution in [1.29, 1.82) is 0 Å². The maximum atomic E-state index is 12.2. The number of hydrogen-bond donors (Lipinski definition) is 0. The molecule has 0 aliphatic rings. The monoisotopic (exact) mass is 353 g/mol. The second-order valence-electron chi connectivity index (χ2n) is 6.29. The number of hydrogen-bond acceptors (Lipinski definition) is 6. The quantitative estimate of drug-likeness (QED) is 0.632. The molecule has 0 radical (unpaired) electrons. The van der Waals surface area contributed by atoms with Crippen LogP contribution < -0.4 is 0 Å². The third-order valence-corrected chi connectivity index (χ3v) is 4.51. The lowest BCUT2D eigenvalue weighted by atomic mass is 10.0. The maximum absolute atomic E-state index is 12.2. The van der Waals surface area contributed by atoms with Gasteiger partial charge in [0.1, 0.15) is 5.92 Å². The average Bonchev–Trinajstić information content (AvgIpc) is 3.10. The normalized spacial score (nSPS) is 13.5. The maximum Gasteiger partial charge on any atom is 0.316 e. The molecule has 3 heterocycles. The third-order valence-electron chi connectivity index (χ3n) is 4.51. The van der Waals surface area contributed by atoms with Crippen molar-refractivity contribution in [2.45, 2.75) is 46.0 Å². The van der Waals surface area contributed by atoms with E-state index in [1.807, 2.05) is 22.7 Å². The SMILES string of the molecule is CCOC(=O)C(C)c1nnc2c(C(C)CC)nc(-c3cccnc3)cn12. The summed E-state index contributed by atoms with van der Waals surface area (Å²) in [5.41, 5.74) is 3.22. The van der Waals surface area contributed by atoms with Crippen LogP contribution in [-0.4, -0.2) is 37.1 Å². The average molecular weight is 353 g/mol. The topological polar surface area (TPSA) is 82.3 Å². The van der Waals surface area contributed by atoms with E-state index in [2.05, 4.69) is 29.0 Å². The van der Waals surface area contributed by atoms with Gasteiger partial charge in [0.05, 0.1) is 18.0 Å². The predicted octanol–water partition coefficient (Wildman–Crippen LogP) is 3.37. The van der Waals surface area contributed by atoms with Crippen LogP contribution in [0.5, 0.6) is 0 Å².